The molecule has 6 heteroatoms. The molecule has 2 N–H and O–H groups in total. The fourth-order valence-electron chi connectivity index (χ4n) is 3.00. The maximum atomic E-state index is 12.2. The molecule has 1 aromatic rings. The number of rotatable bonds is 7. The lowest BCUT2D eigenvalue weighted by molar-refractivity contribution is -0.116. The Bertz CT molecular complexity index is 562. The molecule has 1 saturated heterocycles. The number of anilines is 1. The molecule has 0 bridgehead atoms. The van der Waals surface area contributed by atoms with Gasteiger partial charge in [-0.3, -0.25) is 4.79 Å². The summed E-state index contributed by atoms with van der Waals surface area (Å²) in [6, 6.07) is 0. The van der Waals surface area contributed by atoms with Crippen molar-refractivity contribution in [2.75, 3.05) is 25.0 Å². The Balaban J connectivity index is 2.05. The van der Waals surface area contributed by atoms with Gasteiger partial charge in [-0.2, -0.15) is 0 Å². The van der Waals surface area contributed by atoms with Gasteiger partial charge in [0.2, 0.25) is 5.91 Å². The highest BCUT2D eigenvalue weighted by Crippen LogP contribution is 2.34. The topological polar surface area (TPSA) is 67.4 Å². The number of carbonyl (C=O) groups is 2. The monoisotopic (exact) mass is 338 g/mol. The van der Waals surface area contributed by atoms with Gasteiger partial charge in [0.25, 0.3) is 0 Å². The van der Waals surface area contributed by atoms with E-state index in [1.807, 2.05) is 13.8 Å². The number of aryl methyl sites for hydroxylation is 1. The first kappa shape index (κ1) is 17.9. The third-order valence-corrected chi connectivity index (χ3v) is 5.30. The Labute approximate surface area is 141 Å². The lowest BCUT2D eigenvalue weighted by atomic mass is 10.0. The smallest absolute Gasteiger partial charge is 0.341 e. The van der Waals surface area contributed by atoms with Gasteiger partial charge >= 0.3 is 5.97 Å². The molecular weight excluding hydrogens is 312 g/mol. The second-order valence-electron chi connectivity index (χ2n) is 5.86. The van der Waals surface area contributed by atoms with E-state index in [-0.39, 0.29) is 11.9 Å². The number of carbonyl (C=O) groups excluding carboxylic acids is 2. The Morgan fingerprint density at radius 1 is 1.39 bits per heavy atom. The molecule has 1 amide bonds. The van der Waals surface area contributed by atoms with Crippen molar-refractivity contribution in [1.29, 1.82) is 0 Å². The zero-order chi connectivity index (χ0) is 16.8. The van der Waals surface area contributed by atoms with Crippen LogP contribution in [0.4, 0.5) is 5.00 Å². The van der Waals surface area contributed by atoms with Crippen LogP contribution in [0.2, 0.25) is 0 Å². The predicted molar refractivity (Wildman–Crippen MR) is 93.2 cm³/mol. The second kappa shape index (κ2) is 8.45. The van der Waals surface area contributed by atoms with Gasteiger partial charge in [0.15, 0.2) is 0 Å². The summed E-state index contributed by atoms with van der Waals surface area (Å²) in [5, 5.41) is 6.87. The van der Waals surface area contributed by atoms with E-state index in [9.17, 15) is 9.59 Å². The molecule has 1 atom stereocenters. The average Bonchev–Trinajstić information content (AvgIpc) is 3.12. The molecule has 0 aliphatic carbocycles. The lowest BCUT2D eigenvalue weighted by Gasteiger charge is -2.10. The maximum Gasteiger partial charge on any atom is 0.341 e. The molecule has 1 aliphatic rings. The van der Waals surface area contributed by atoms with Gasteiger partial charge in [-0.05, 0) is 57.7 Å². The Hall–Kier alpha value is -1.40. The number of amides is 1. The van der Waals surface area contributed by atoms with Gasteiger partial charge in [-0.1, -0.05) is 6.92 Å². The summed E-state index contributed by atoms with van der Waals surface area (Å²) in [7, 11) is 0. The average molecular weight is 338 g/mol. The molecule has 1 unspecified atom stereocenters. The van der Waals surface area contributed by atoms with Crippen molar-refractivity contribution in [1.82, 2.24) is 5.32 Å². The molecule has 1 aliphatic heterocycles. The zero-order valence-electron chi connectivity index (χ0n) is 14.2. The number of ether oxygens (including phenoxy) is 1. The minimum Gasteiger partial charge on any atom is -0.462 e. The number of hydrogen-bond acceptors (Lipinski definition) is 5. The van der Waals surface area contributed by atoms with Gasteiger partial charge < -0.3 is 15.4 Å². The van der Waals surface area contributed by atoms with Crippen molar-refractivity contribution in [2.45, 2.75) is 46.5 Å². The van der Waals surface area contributed by atoms with E-state index in [0.29, 0.717) is 29.5 Å². The van der Waals surface area contributed by atoms with Gasteiger partial charge in [-0.25, -0.2) is 4.79 Å². The first-order valence-corrected chi connectivity index (χ1v) is 9.18. The molecule has 0 radical (unpaired) electrons. The fourth-order valence-corrected chi connectivity index (χ4v) is 4.15. The summed E-state index contributed by atoms with van der Waals surface area (Å²) < 4.78 is 5.16. The standard InChI is InChI=1S/C17H26N2O3S/c1-4-13-11(3)23-16(15(13)17(21)22-5-2)19-14(20)7-6-12-8-9-18-10-12/h12,18H,4-10H2,1-3H3,(H,19,20). The molecule has 23 heavy (non-hydrogen) atoms. The van der Waals surface area contributed by atoms with Gasteiger partial charge in [0.1, 0.15) is 5.00 Å². The van der Waals surface area contributed by atoms with Crippen LogP contribution in [0.5, 0.6) is 0 Å². The first-order chi connectivity index (χ1) is 11.1. The number of esters is 1. The van der Waals surface area contributed by atoms with Crippen LogP contribution >= 0.6 is 11.3 Å². The van der Waals surface area contributed by atoms with Crippen LogP contribution in [0.3, 0.4) is 0 Å². The molecule has 2 heterocycles. The second-order valence-corrected chi connectivity index (χ2v) is 7.09. The Kier molecular flexibility index (Phi) is 6.59. The first-order valence-electron chi connectivity index (χ1n) is 8.36. The van der Waals surface area contributed by atoms with Crippen LogP contribution in [-0.2, 0) is 16.0 Å². The fraction of sp³-hybridized carbons (Fsp3) is 0.647. The minimum absolute atomic E-state index is 0.0219. The van der Waals surface area contributed by atoms with Crippen molar-refractivity contribution in [3.05, 3.63) is 16.0 Å². The maximum absolute atomic E-state index is 12.2. The zero-order valence-corrected chi connectivity index (χ0v) is 15.0. The van der Waals surface area contributed by atoms with Crippen LogP contribution in [0.25, 0.3) is 0 Å². The molecule has 128 valence electrons. The van der Waals surface area contributed by atoms with Crippen molar-refractivity contribution in [3.63, 3.8) is 0 Å². The van der Waals surface area contributed by atoms with E-state index in [4.69, 9.17) is 4.74 Å². The highest BCUT2D eigenvalue weighted by molar-refractivity contribution is 7.16. The van der Waals surface area contributed by atoms with Crippen LogP contribution in [0.1, 0.15) is 53.9 Å². The molecule has 0 aromatic carbocycles. The predicted octanol–water partition coefficient (Wildman–Crippen LogP) is 3.12. The number of nitrogens with one attached hydrogen (secondary N) is 2. The number of thiophene rings is 1. The highest BCUT2D eigenvalue weighted by Gasteiger charge is 2.24. The molecule has 0 spiro atoms. The van der Waals surface area contributed by atoms with Crippen LogP contribution in [0, 0.1) is 12.8 Å². The van der Waals surface area contributed by atoms with Gasteiger partial charge in [-0.15, -0.1) is 11.3 Å². The van der Waals surface area contributed by atoms with Crippen molar-refractivity contribution < 1.29 is 14.3 Å². The summed E-state index contributed by atoms with van der Waals surface area (Å²) in [4.78, 5) is 25.5. The SMILES string of the molecule is CCOC(=O)c1c(NC(=O)CCC2CCNC2)sc(C)c1CC. The van der Waals surface area contributed by atoms with E-state index >= 15 is 0 Å². The van der Waals surface area contributed by atoms with Crippen LogP contribution < -0.4 is 10.6 Å². The van der Waals surface area contributed by atoms with Gasteiger partial charge in [0, 0.05) is 11.3 Å². The van der Waals surface area contributed by atoms with Crippen molar-refractivity contribution >= 4 is 28.2 Å². The Morgan fingerprint density at radius 3 is 2.78 bits per heavy atom. The summed E-state index contributed by atoms with van der Waals surface area (Å²) >= 11 is 1.46. The van der Waals surface area contributed by atoms with Crippen molar-refractivity contribution in [2.24, 2.45) is 5.92 Å². The van der Waals surface area contributed by atoms with E-state index in [2.05, 4.69) is 10.6 Å². The van der Waals surface area contributed by atoms with E-state index in [1.165, 1.54) is 11.3 Å². The summed E-state index contributed by atoms with van der Waals surface area (Å²) in [6.07, 6.45) is 3.27. The minimum atomic E-state index is -0.344. The lowest BCUT2D eigenvalue weighted by Crippen LogP contribution is -2.16. The third kappa shape index (κ3) is 4.54. The van der Waals surface area contributed by atoms with Gasteiger partial charge in [0.05, 0.1) is 12.2 Å². The molecule has 1 aromatic heterocycles. The molecule has 0 saturated carbocycles. The molecular formula is C17H26N2O3S. The summed E-state index contributed by atoms with van der Waals surface area (Å²) in [5.41, 5.74) is 1.51. The normalized spacial score (nSPS) is 17.3. The van der Waals surface area contributed by atoms with Crippen LogP contribution in [0.15, 0.2) is 0 Å². The quantitative estimate of drug-likeness (QED) is 0.750. The highest BCUT2D eigenvalue weighted by atomic mass is 32.1. The third-order valence-electron chi connectivity index (χ3n) is 4.24. The van der Waals surface area contributed by atoms with E-state index < -0.39 is 0 Å². The van der Waals surface area contributed by atoms with E-state index in [1.54, 1.807) is 6.92 Å². The number of hydrogen-bond donors (Lipinski definition) is 2. The molecule has 1 fully saturated rings. The summed E-state index contributed by atoms with van der Waals surface area (Å²) in [5.74, 6) is 0.219. The molecule has 2 rings (SSSR count). The van der Waals surface area contributed by atoms with Crippen molar-refractivity contribution in [3.8, 4) is 0 Å². The summed E-state index contributed by atoms with van der Waals surface area (Å²) in [6.45, 7) is 8.15. The largest absolute Gasteiger partial charge is 0.462 e. The van der Waals surface area contributed by atoms with Crippen LogP contribution in [-0.4, -0.2) is 31.6 Å². The Morgan fingerprint density at radius 2 is 2.17 bits per heavy atom. The van der Waals surface area contributed by atoms with E-state index in [0.717, 1.165) is 42.8 Å². The molecule has 5 nitrogen and oxygen atoms in total.